The van der Waals surface area contributed by atoms with Gasteiger partial charge in [0, 0.05) is 44.5 Å². The third-order valence-corrected chi connectivity index (χ3v) is 7.26. The van der Waals surface area contributed by atoms with Crippen molar-refractivity contribution in [2.24, 2.45) is 5.92 Å². The maximum absolute atomic E-state index is 13.3. The van der Waals surface area contributed by atoms with Gasteiger partial charge in [-0.2, -0.15) is 4.31 Å². The normalized spacial score (nSPS) is 16.4. The second-order valence-corrected chi connectivity index (χ2v) is 10.1. The zero-order chi connectivity index (χ0) is 20.9. The Bertz CT molecular complexity index is 861. The molecule has 0 aliphatic carbocycles. The summed E-state index contributed by atoms with van der Waals surface area (Å²) in [6.07, 6.45) is 0. The van der Waals surface area contributed by atoms with E-state index in [1.165, 1.54) is 5.69 Å². The lowest BCUT2D eigenvalue weighted by molar-refractivity contribution is 0.308. The van der Waals surface area contributed by atoms with Crippen molar-refractivity contribution in [1.29, 1.82) is 0 Å². The predicted octanol–water partition coefficient (Wildman–Crippen LogP) is 3.65. The highest BCUT2D eigenvalue weighted by molar-refractivity contribution is 7.88. The molecule has 0 spiro atoms. The van der Waals surface area contributed by atoms with Gasteiger partial charge in [-0.05, 0) is 36.1 Å². The first-order valence-electron chi connectivity index (χ1n) is 10.5. The summed E-state index contributed by atoms with van der Waals surface area (Å²) in [7, 11) is -3.43. The van der Waals surface area contributed by atoms with Crippen molar-refractivity contribution in [3.63, 3.8) is 0 Å². The number of benzene rings is 2. The Labute approximate surface area is 175 Å². The Morgan fingerprint density at radius 3 is 2.17 bits per heavy atom. The fraction of sp³-hybridized carbons (Fsp3) is 0.478. The average Bonchev–Trinajstić information content (AvgIpc) is 2.72. The zero-order valence-corrected chi connectivity index (χ0v) is 18.5. The van der Waals surface area contributed by atoms with E-state index in [9.17, 15) is 8.42 Å². The summed E-state index contributed by atoms with van der Waals surface area (Å²) in [6, 6.07) is 17.6. The van der Waals surface area contributed by atoms with Gasteiger partial charge in [-0.15, -0.1) is 0 Å². The lowest BCUT2D eigenvalue weighted by atomic mass is 10.1. The molecule has 0 amide bonds. The summed E-state index contributed by atoms with van der Waals surface area (Å²) in [5.74, 6) is 0.284. The fourth-order valence-electron chi connectivity index (χ4n) is 3.79. The smallest absolute Gasteiger partial charge is 0.218 e. The highest BCUT2D eigenvalue weighted by Crippen LogP contribution is 2.28. The second kappa shape index (κ2) is 9.74. The molecule has 3 rings (SSSR count). The van der Waals surface area contributed by atoms with E-state index in [1.807, 2.05) is 37.3 Å². The van der Waals surface area contributed by atoms with Crippen molar-refractivity contribution in [3.05, 3.63) is 65.7 Å². The van der Waals surface area contributed by atoms with Crippen LogP contribution in [0.5, 0.6) is 0 Å². The van der Waals surface area contributed by atoms with E-state index in [0.717, 1.165) is 37.3 Å². The van der Waals surface area contributed by atoms with Crippen LogP contribution in [-0.4, -0.2) is 45.4 Å². The van der Waals surface area contributed by atoms with E-state index < -0.39 is 10.0 Å². The molecular formula is C23H33N3O2S. The molecule has 1 fully saturated rings. The highest BCUT2D eigenvalue weighted by atomic mass is 32.2. The molecule has 1 aliphatic heterocycles. The fourth-order valence-corrected chi connectivity index (χ4v) is 5.70. The number of sulfonamides is 1. The predicted molar refractivity (Wildman–Crippen MR) is 121 cm³/mol. The van der Waals surface area contributed by atoms with Crippen molar-refractivity contribution >= 4 is 15.7 Å². The van der Waals surface area contributed by atoms with Crippen molar-refractivity contribution in [1.82, 2.24) is 9.62 Å². The van der Waals surface area contributed by atoms with E-state index in [2.05, 4.69) is 48.3 Å². The number of nitrogens with one attached hydrogen (secondary N) is 1. The van der Waals surface area contributed by atoms with E-state index in [1.54, 1.807) is 4.31 Å². The van der Waals surface area contributed by atoms with Gasteiger partial charge >= 0.3 is 0 Å². The van der Waals surface area contributed by atoms with E-state index in [0.29, 0.717) is 6.54 Å². The molecular weight excluding hydrogens is 382 g/mol. The lowest BCUT2D eigenvalue weighted by Gasteiger charge is -2.32. The molecule has 29 heavy (non-hydrogen) atoms. The SMILES string of the molecule is CC(C)CN([C@@H](C)c1ccc(N2CCNCC2)cc1)S(=O)(=O)Cc1ccccc1. The molecule has 0 aromatic heterocycles. The Morgan fingerprint density at radius 2 is 1.59 bits per heavy atom. The topological polar surface area (TPSA) is 52.6 Å². The van der Waals surface area contributed by atoms with Crippen LogP contribution in [0.2, 0.25) is 0 Å². The molecule has 0 saturated carbocycles. The van der Waals surface area contributed by atoms with Crippen LogP contribution in [-0.2, 0) is 15.8 Å². The van der Waals surface area contributed by atoms with Crippen molar-refractivity contribution < 1.29 is 8.42 Å². The zero-order valence-electron chi connectivity index (χ0n) is 17.7. The maximum Gasteiger partial charge on any atom is 0.218 e. The third-order valence-electron chi connectivity index (χ3n) is 5.38. The van der Waals surface area contributed by atoms with Crippen LogP contribution in [0.25, 0.3) is 0 Å². The summed E-state index contributed by atoms with van der Waals surface area (Å²) in [5, 5.41) is 3.37. The van der Waals surface area contributed by atoms with Crippen LogP contribution in [0, 0.1) is 5.92 Å². The molecule has 1 N–H and O–H groups in total. The molecule has 0 radical (unpaired) electrons. The van der Waals surface area contributed by atoms with Gasteiger partial charge in [-0.25, -0.2) is 8.42 Å². The van der Waals surface area contributed by atoms with Gasteiger partial charge in [0.25, 0.3) is 0 Å². The summed E-state index contributed by atoms with van der Waals surface area (Å²) in [6.45, 7) is 10.6. The Kier molecular flexibility index (Phi) is 7.33. The van der Waals surface area contributed by atoms with Gasteiger partial charge in [0.1, 0.15) is 0 Å². The van der Waals surface area contributed by atoms with Gasteiger partial charge in [0.05, 0.1) is 5.75 Å². The number of nitrogens with zero attached hydrogens (tertiary/aromatic N) is 2. The molecule has 2 aromatic rings. The number of hydrogen-bond donors (Lipinski definition) is 1. The largest absolute Gasteiger partial charge is 0.369 e. The molecule has 2 aromatic carbocycles. The van der Waals surface area contributed by atoms with Crippen molar-refractivity contribution in [2.75, 3.05) is 37.6 Å². The molecule has 6 heteroatoms. The molecule has 1 atom stereocenters. The first kappa shape index (κ1) is 21.8. The van der Waals surface area contributed by atoms with Gasteiger partial charge in [-0.3, -0.25) is 0 Å². The van der Waals surface area contributed by atoms with E-state index in [-0.39, 0.29) is 17.7 Å². The second-order valence-electron chi connectivity index (χ2n) is 8.21. The van der Waals surface area contributed by atoms with Crippen LogP contribution < -0.4 is 10.2 Å². The minimum atomic E-state index is -3.43. The van der Waals surface area contributed by atoms with Gasteiger partial charge in [0.15, 0.2) is 0 Å². The van der Waals surface area contributed by atoms with Gasteiger partial charge < -0.3 is 10.2 Å². The molecule has 0 bridgehead atoms. The number of hydrogen-bond acceptors (Lipinski definition) is 4. The van der Waals surface area contributed by atoms with Crippen LogP contribution in [0.4, 0.5) is 5.69 Å². The van der Waals surface area contributed by atoms with Crippen LogP contribution >= 0.6 is 0 Å². The monoisotopic (exact) mass is 415 g/mol. The molecule has 158 valence electrons. The quantitative estimate of drug-likeness (QED) is 0.715. The van der Waals surface area contributed by atoms with E-state index >= 15 is 0 Å². The van der Waals surface area contributed by atoms with Crippen molar-refractivity contribution in [2.45, 2.75) is 32.6 Å². The summed E-state index contributed by atoms with van der Waals surface area (Å²) in [4.78, 5) is 2.36. The minimum Gasteiger partial charge on any atom is -0.369 e. The average molecular weight is 416 g/mol. The molecule has 0 unspecified atom stereocenters. The molecule has 5 nitrogen and oxygen atoms in total. The number of anilines is 1. The summed E-state index contributed by atoms with van der Waals surface area (Å²) < 4.78 is 28.2. The first-order chi connectivity index (χ1) is 13.9. The maximum atomic E-state index is 13.3. The Balaban J connectivity index is 1.80. The van der Waals surface area contributed by atoms with Crippen LogP contribution in [0.3, 0.4) is 0 Å². The minimum absolute atomic E-state index is 0.0315. The summed E-state index contributed by atoms with van der Waals surface area (Å²) >= 11 is 0. The Hall–Kier alpha value is -1.89. The molecule has 1 aliphatic rings. The standard InChI is InChI=1S/C23H33N3O2S/c1-19(2)17-26(29(27,28)18-21-7-5-4-6-8-21)20(3)22-9-11-23(12-10-22)25-15-13-24-14-16-25/h4-12,19-20,24H,13-18H2,1-3H3/t20-/m0/s1. The van der Waals surface area contributed by atoms with E-state index in [4.69, 9.17) is 0 Å². The third kappa shape index (κ3) is 5.81. The first-order valence-corrected chi connectivity index (χ1v) is 12.1. The summed E-state index contributed by atoms with van der Waals surface area (Å²) in [5.41, 5.74) is 3.05. The van der Waals surface area contributed by atoms with Crippen LogP contribution in [0.15, 0.2) is 54.6 Å². The Morgan fingerprint density at radius 1 is 0.966 bits per heavy atom. The van der Waals surface area contributed by atoms with Crippen molar-refractivity contribution in [3.8, 4) is 0 Å². The molecule has 1 saturated heterocycles. The number of rotatable bonds is 8. The lowest BCUT2D eigenvalue weighted by Crippen LogP contribution is -2.43. The van der Waals surface area contributed by atoms with Gasteiger partial charge in [-0.1, -0.05) is 56.3 Å². The van der Waals surface area contributed by atoms with Crippen LogP contribution in [0.1, 0.15) is 37.9 Å². The number of piperazine rings is 1. The van der Waals surface area contributed by atoms with Gasteiger partial charge in [0.2, 0.25) is 10.0 Å². The highest BCUT2D eigenvalue weighted by Gasteiger charge is 2.29. The molecule has 1 heterocycles.